The lowest BCUT2D eigenvalue weighted by Gasteiger charge is -2.34. The molecule has 0 fully saturated rings. The zero-order valence-electron chi connectivity index (χ0n) is 21.2. The summed E-state index contributed by atoms with van der Waals surface area (Å²) in [7, 11) is 0. The molecule has 0 spiro atoms. The summed E-state index contributed by atoms with van der Waals surface area (Å²) in [4.78, 5) is 30.5. The van der Waals surface area contributed by atoms with E-state index in [1.54, 1.807) is 4.90 Å². The summed E-state index contributed by atoms with van der Waals surface area (Å²) in [6.45, 7) is 6.66. The first-order valence-corrected chi connectivity index (χ1v) is 12.7. The molecule has 10 nitrogen and oxygen atoms in total. The van der Waals surface area contributed by atoms with Crippen LogP contribution in [0.2, 0.25) is 0 Å². The SMILES string of the molecule is CCCCOC(=O)N1CCOc2ncc(N3CCc4cnc(Nc5ccc(CO)cc5)nc4C3)c(C)c21. The molecule has 2 aliphatic heterocycles. The van der Waals surface area contributed by atoms with E-state index >= 15 is 0 Å². The van der Waals surface area contributed by atoms with Gasteiger partial charge in [0.25, 0.3) is 0 Å². The third-order valence-electron chi connectivity index (χ3n) is 6.69. The van der Waals surface area contributed by atoms with Gasteiger partial charge in [0.15, 0.2) is 0 Å². The zero-order chi connectivity index (χ0) is 25.8. The van der Waals surface area contributed by atoms with Crippen molar-refractivity contribution < 1.29 is 19.4 Å². The van der Waals surface area contributed by atoms with Gasteiger partial charge in [0.1, 0.15) is 12.3 Å². The molecule has 0 unspecified atom stereocenters. The van der Waals surface area contributed by atoms with Gasteiger partial charge in [0.05, 0.1) is 43.9 Å². The smallest absolute Gasteiger partial charge is 0.414 e. The Morgan fingerprint density at radius 1 is 1.19 bits per heavy atom. The molecule has 2 aliphatic rings. The number of hydrogen-bond donors (Lipinski definition) is 2. The molecule has 194 valence electrons. The molecule has 3 aromatic rings. The number of amides is 1. The first kappa shape index (κ1) is 24.8. The number of anilines is 4. The van der Waals surface area contributed by atoms with E-state index in [2.05, 4.69) is 27.1 Å². The van der Waals surface area contributed by atoms with Crippen LogP contribution in [0.1, 0.15) is 42.1 Å². The Balaban J connectivity index is 1.36. The van der Waals surface area contributed by atoms with Gasteiger partial charge in [0.2, 0.25) is 11.8 Å². The minimum Gasteiger partial charge on any atom is -0.474 e. The van der Waals surface area contributed by atoms with E-state index in [0.717, 1.165) is 59.6 Å². The number of ether oxygens (including phenoxy) is 2. The van der Waals surface area contributed by atoms with Crippen molar-refractivity contribution in [3.8, 4) is 5.88 Å². The average Bonchev–Trinajstić information content (AvgIpc) is 2.93. The summed E-state index contributed by atoms with van der Waals surface area (Å²) in [6.07, 6.45) is 5.93. The Morgan fingerprint density at radius 3 is 2.81 bits per heavy atom. The normalized spacial score (nSPS) is 14.5. The van der Waals surface area contributed by atoms with Crippen molar-refractivity contribution in [3.05, 3.63) is 59.0 Å². The largest absolute Gasteiger partial charge is 0.474 e. The van der Waals surface area contributed by atoms with Crippen LogP contribution >= 0.6 is 0 Å². The quantitative estimate of drug-likeness (QED) is 0.459. The summed E-state index contributed by atoms with van der Waals surface area (Å²) in [5, 5.41) is 12.5. The number of benzene rings is 1. The standard InChI is InChI=1S/C27H32N6O4/c1-3-4-12-37-27(35)33-11-13-36-25-24(33)18(2)23(15-28-25)32-10-9-20-14-29-26(31-22(20)16-32)30-21-7-5-19(17-34)6-8-21/h5-8,14-15,34H,3-4,9-13,16-17H2,1-2H3,(H,29,30,31). The number of hydrogen-bond acceptors (Lipinski definition) is 9. The molecule has 1 aromatic carbocycles. The Labute approximate surface area is 216 Å². The third-order valence-corrected chi connectivity index (χ3v) is 6.69. The highest BCUT2D eigenvalue weighted by atomic mass is 16.6. The van der Waals surface area contributed by atoms with E-state index in [-0.39, 0.29) is 12.7 Å². The van der Waals surface area contributed by atoms with E-state index in [1.807, 2.05) is 43.6 Å². The Bertz CT molecular complexity index is 1270. The van der Waals surface area contributed by atoms with Crippen molar-refractivity contribution in [2.24, 2.45) is 0 Å². The maximum absolute atomic E-state index is 12.8. The van der Waals surface area contributed by atoms with Crippen LogP contribution in [0.3, 0.4) is 0 Å². The number of unbranched alkanes of at least 4 members (excludes halogenated alkanes) is 1. The molecule has 1 amide bonds. The molecule has 4 heterocycles. The van der Waals surface area contributed by atoms with Gasteiger partial charge in [-0.2, -0.15) is 0 Å². The lowest BCUT2D eigenvalue weighted by Crippen LogP contribution is -2.40. The number of carbonyl (C=O) groups is 1. The second-order valence-corrected chi connectivity index (χ2v) is 9.21. The maximum Gasteiger partial charge on any atom is 0.414 e. The predicted octanol–water partition coefficient (Wildman–Crippen LogP) is 4.11. The first-order valence-electron chi connectivity index (χ1n) is 12.7. The van der Waals surface area contributed by atoms with Crippen LogP contribution in [0.15, 0.2) is 36.7 Å². The minimum atomic E-state index is -0.362. The fourth-order valence-corrected chi connectivity index (χ4v) is 4.60. The van der Waals surface area contributed by atoms with Crippen molar-refractivity contribution in [1.29, 1.82) is 0 Å². The topological polar surface area (TPSA) is 113 Å². The van der Waals surface area contributed by atoms with Crippen molar-refractivity contribution in [1.82, 2.24) is 15.0 Å². The Hall–Kier alpha value is -3.92. The zero-order valence-corrected chi connectivity index (χ0v) is 21.2. The van der Waals surface area contributed by atoms with Gasteiger partial charge in [-0.25, -0.2) is 19.7 Å². The molecular formula is C27H32N6O4. The highest BCUT2D eigenvalue weighted by molar-refractivity contribution is 5.92. The van der Waals surface area contributed by atoms with Crippen molar-refractivity contribution >= 4 is 29.1 Å². The molecule has 0 saturated heterocycles. The van der Waals surface area contributed by atoms with Crippen molar-refractivity contribution in [3.63, 3.8) is 0 Å². The van der Waals surface area contributed by atoms with Gasteiger partial charge >= 0.3 is 6.09 Å². The number of carbonyl (C=O) groups excluding carboxylic acids is 1. The highest BCUT2D eigenvalue weighted by Crippen LogP contribution is 2.39. The molecule has 5 rings (SSSR count). The Morgan fingerprint density at radius 2 is 2.03 bits per heavy atom. The van der Waals surface area contributed by atoms with Crippen LogP contribution in [-0.4, -0.2) is 52.5 Å². The molecule has 0 atom stereocenters. The van der Waals surface area contributed by atoms with Crippen LogP contribution in [0.4, 0.5) is 27.8 Å². The number of aromatic nitrogens is 3. The van der Waals surface area contributed by atoms with E-state index in [4.69, 9.17) is 14.5 Å². The number of pyridine rings is 1. The first-order chi connectivity index (χ1) is 18.1. The van der Waals surface area contributed by atoms with Crippen molar-refractivity contribution in [2.45, 2.75) is 46.3 Å². The van der Waals surface area contributed by atoms with Crippen LogP contribution < -0.4 is 19.9 Å². The van der Waals surface area contributed by atoms with E-state index < -0.39 is 0 Å². The monoisotopic (exact) mass is 504 g/mol. The summed E-state index contributed by atoms with van der Waals surface area (Å²) in [5.41, 5.74) is 6.30. The van der Waals surface area contributed by atoms with Crippen LogP contribution in [-0.2, 0) is 24.3 Å². The van der Waals surface area contributed by atoms with Gasteiger partial charge in [0, 0.05) is 24.0 Å². The lowest BCUT2D eigenvalue weighted by molar-refractivity contribution is 0.148. The predicted molar refractivity (Wildman–Crippen MR) is 141 cm³/mol. The molecule has 0 bridgehead atoms. The summed E-state index contributed by atoms with van der Waals surface area (Å²) >= 11 is 0. The summed E-state index contributed by atoms with van der Waals surface area (Å²) < 4.78 is 11.3. The minimum absolute atomic E-state index is 0.00630. The van der Waals surface area contributed by atoms with E-state index in [1.165, 1.54) is 0 Å². The second kappa shape index (κ2) is 11.0. The van der Waals surface area contributed by atoms with Crippen LogP contribution in [0, 0.1) is 6.92 Å². The molecular weight excluding hydrogens is 472 g/mol. The number of fused-ring (bicyclic) bond motifs is 2. The Kier molecular flexibility index (Phi) is 7.36. The fraction of sp³-hybridized carbons (Fsp3) is 0.407. The molecule has 37 heavy (non-hydrogen) atoms. The second-order valence-electron chi connectivity index (χ2n) is 9.21. The number of aliphatic hydroxyl groups excluding tert-OH is 1. The summed E-state index contributed by atoms with van der Waals surface area (Å²) in [6, 6.07) is 7.51. The molecule has 0 saturated carbocycles. The molecule has 2 N–H and O–H groups in total. The molecule has 0 radical (unpaired) electrons. The van der Waals surface area contributed by atoms with Crippen LogP contribution in [0.5, 0.6) is 5.88 Å². The lowest BCUT2D eigenvalue weighted by atomic mass is 10.0. The maximum atomic E-state index is 12.8. The number of rotatable bonds is 7. The number of aliphatic hydroxyl groups is 1. The van der Waals surface area contributed by atoms with Gasteiger partial charge in [-0.1, -0.05) is 25.5 Å². The molecule has 10 heteroatoms. The number of nitrogens with zero attached hydrogens (tertiary/aromatic N) is 5. The number of nitrogens with one attached hydrogen (secondary N) is 1. The fourth-order valence-electron chi connectivity index (χ4n) is 4.60. The molecule has 2 aromatic heterocycles. The van der Waals surface area contributed by atoms with Gasteiger partial charge in [-0.05, 0) is 43.0 Å². The average molecular weight is 505 g/mol. The third kappa shape index (κ3) is 5.29. The van der Waals surface area contributed by atoms with Gasteiger partial charge in [-0.15, -0.1) is 0 Å². The summed E-state index contributed by atoms with van der Waals surface area (Å²) in [5.74, 6) is 0.977. The van der Waals surface area contributed by atoms with Gasteiger partial charge in [-0.3, -0.25) is 4.90 Å². The van der Waals surface area contributed by atoms with Crippen molar-refractivity contribution in [2.75, 3.05) is 41.4 Å². The van der Waals surface area contributed by atoms with E-state index in [9.17, 15) is 9.90 Å². The van der Waals surface area contributed by atoms with Crippen LogP contribution in [0.25, 0.3) is 0 Å². The van der Waals surface area contributed by atoms with Gasteiger partial charge < -0.3 is 24.8 Å². The molecule has 0 aliphatic carbocycles. The highest BCUT2D eigenvalue weighted by Gasteiger charge is 2.31. The van der Waals surface area contributed by atoms with E-state index in [0.29, 0.717) is 43.8 Å².